The second-order valence-electron chi connectivity index (χ2n) is 5.63. The number of carboxylic acids is 1. The number of aromatic carboxylic acids is 1. The molecule has 0 aliphatic heterocycles. The van der Waals surface area contributed by atoms with E-state index in [1.807, 2.05) is 6.07 Å². The van der Waals surface area contributed by atoms with Crippen molar-refractivity contribution in [2.75, 3.05) is 0 Å². The maximum absolute atomic E-state index is 10.8. The molecule has 0 amide bonds. The third kappa shape index (κ3) is 2.55. The van der Waals surface area contributed by atoms with Crippen LogP contribution in [0.25, 0.3) is 5.65 Å². The summed E-state index contributed by atoms with van der Waals surface area (Å²) in [4.78, 5) is 15.3. The van der Waals surface area contributed by atoms with Gasteiger partial charge in [0.2, 0.25) is 0 Å². The van der Waals surface area contributed by atoms with Gasteiger partial charge in [-0.1, -0.05) is 5.21 Å². The molecule has 2 N–H and O–H groups in total. The number of nitrogens with zero attached hydrogens (tertiary/aromatic N) is 6. The van der Waals surface area contributed by atoms with E-state index in [0.29, 0.717) is 17.3 Å². The molecule has 0 radical (unpaired) electrons. The van der Waals surface area contributed by atoms with Gasteiger partial charge in [0, 0.05) is 11.5 Å². The molecule has 3 aromatic heterocycles. The van der Waals surface area contributed by atoms with E-state index in [0.717, 1.165) is 24.1 Å². The summed E-state index contributed by atoms with van der Waals surface area (Å²) < 4.78 is 3.08. The Morgan fingerprint density at radius 2 is 2.17 bits per heavy atom. The molecule has 0 unspecified atom stereocenters. The second-order valence-corrected chi connectivity index (χ2v) is 5.63. The van der Waals surface area contributed by atoms with Crippen LogP contribution in [0, 0.1) is 0 Å². The van der Waals surface area contributed by atoms with E-state index in [9.17, 15) is 9.90 Å². The number of aliphatic hydroxyl groups is 1. The van der Waals surface area contributed by atoms with Crippen LogP contribution in [0.2, 0.25) is 0 Å². The van der Waals surface area contributed by atoms with Gasteiger partial charge in [0.15, 0.2) is 11.3 Å². The average molecular weight is 314 g/mol. The van der Waals surface area contributed by atoms with Gasteiger partial charge >= 0.3 is 5.97 Å². The molecule has 1 aliphatic carbocycles. The molecule has 3 heterocycles. The number of hydrogen-bond acceptors (Lipinski definition) is 6. The minimum atomic E-state index is -1.12. The summed E-state index contributed by atoms with van der Waals surface area (Å²) in [5.74, 6) is -0.645. The molecule has 0 atom stereocenters. The van der Waals surface area contributed by atoms with E-state index >= 15 is 0 Å². The number of hydrogen-bond donors (Lipinski definition) is 2. The largest absolute Gasteiger partial charge is 0.476 e. The van der Waals surface area contributed by atoms with Crippen LogP contribution in [0.1, 0.15) is 46.2 Å². The molecule has 4 rings (SSSR count). The normalized spacial score (nSPS) is 14.5. The van der Waals surface area contributed by atoms with Crippen molar-refractivity contribution < 1.29 is 15.0 Å². The molecule has 1 saturated carbocycles. The first-order chi connectivity index (χ1) is 11.1. The highest BCUT2D eigenvalue weighted by atomic mass is 16.4. The molecule has 1 fully saturated rings. The number of carbonyl (C=O) groups is 1. The smallest absolute Gasteiger partial charge is 0.358 e. The van der Waals surface area contributed by atoms with Gasteiger partial charge in [0.25, 0.3) is 0 Å². The Bertz CT molecular complexity index is 895. The van der Waals surface area contributed by atoms with Crippen LogP contribution in [0.5, 0.6) is 0 Å². The lowest BCUT2D eigenvalue weighted by atomic mass is 10.2. The van der Waals surface area contributed by atoms with Gasteiger partial charge in [-0.05, 0) is 18.9 Å². The fourth-order valence-corrected chi connectivity index (χ4v) is 2.52. The molecular formula is C14H14N6O3. The Labute approximate surface area is 130 Å². The van der Waals surface area contributed by atoms with Gasteiger partial charge in [-0.15, -0.1) is 5.10 Å². The Morgan fingerprint density at radius 3 is 2.83 bits per heavy atom. The number of aliphatic hydroxyl groups excluding tert-OH is 1. The molecule has 23 heavy (non-hydrogen) atoms. The monoisotopic (exact) mass is 314 g/mol. The first kappa shape index (κ1) is 13.8. The van der Waals surface area contributed by atoms with Crippen molar-refractivity contribution in [2.45, 2.75) is 31.9 Å². The molecule has 118 valence electrons. The van der Waals surface area contributed by atoms with E-state index in [2.05, 4.69) is 20.4 Å². The van der Waals surface area contributed by atoms with E-state index < -0.39 is 5.97 Å². The van der Waals surface area contributed by atoms with Gasteiger partial charge in [-0.3, -0.25) is 0 Å². The summed E-state index contributed by atoms with van der Waals surface area (Å²) in [6.45, 7) is 0.182. The zero-order valence-electron chi connectivity index (χ0n) is 12.1. The predicted octanol–water partition coefficient (Wildman–Crippen LogP) is 0.437. The summed E-state index contributed by atoms with van der Waals surface area (Å²) >= 11 is 0. The first-order valence-corrected chi connectivity index (χ1v) is 7.26. The third-order valence-electron chi connectivity index (χ3n) is 3.82. The van der Waals surface area contributed by atoms with Crippen LogP contribution >= 0.6 is 0 Å². The average Bonchev–Trinajstić information content (AvgIpc) is 3.14. The predicted molar refractivity (Wildman–Crippen MR) is 77.0 cm³/mol. The Kier molecular flexibility index (Phi) is 3.08. The highest BCUT2D eigenvalue weighted by Gasteiger charge is 2.26. The van der Waals surface area contributed by atoms with E-state index in [1.165, 1.54) is 10.9 Å². The van der Waals surface area contributed by atoms with Crippen molar-refractivity contribution in [3.05, 3.63) is 41.1 Å². The summed E-state index contributed by atoms with van der Waals surface area (Å²) in [5, 5.41) is 30.3. The number of aromatic nitrogens is 6. The Morgan fingerprint density at radius 1 is 1.35 bits per heavy atom. The Balaban J connectivity index is 1.68. The minimum absolute atomic E-state index is 0.102. The van der Waals surface area contributed by atoms with E-state index in [1.54, 1.807) is 10.7 Å². The fraction of sp³-hybridized carbons (Fsp3) is 0.357. The molecule has 1 aliphatic rings. The van der Waals surface area contributed by atoms with Crippen LogP contribution in [0.3, 0.4) is 0 Å². The summed E-state index contributed by atoms with van der Waals surface area (Å²) in [7, 11) is 0. The quantitative estimate of drug-likeness (QED) is 0.701. The topological polar surface area (TPSA) is 118 Å². The van der Waals surface area contributed by atoms with Gasteiger partial charge in [-0.25, -0.2) is 19.0 Å². The SMILES string of the molecule is O=C(O)c1cn(Cc2cn3nc(C4CC4)cc(CO)c3n2)nn1. The van der Waals surface area contributed by atoms with Crippen LogP contribution in [-0.4, -0.2) is 45.8 Å². The van der Waals surface area contributed by atoms with Crippen molar-refractivity contribution in [3.63, 3.8) is 0 Å². The summed E-state index contributed by atoms with van der Waals surface area (Å²) in [6.07, 6.45) is 5.37. The maximum atomic E-state index is 10.8. The minimum Gasteiger partial charge on any atom is -0.476 e. The van der Waals surface area contributed by atoms with E-state index in [-0.39, 0.29) is 18.8 Å². The van der Waals surface area contributed by atoms with Crippen LogP contribution in [0.15, 0.2) is 18.5 Å². The zero-order chi connectivity index (χ0) is 16.0. The number of rotatable bonds is 5. The molecule has 3 aromatic rings. The van der Waals surface area contributed by atoms with Crippen molar-refractivity contribution in [2.24, 2.45) is 0 Å². The highest BCUT2D eigenvalue weighted by Crippen LogP contribution is 2.39. The second kappa shape index (κ2) is 5.13. The number of imidazole rings is 1. The summed E-state index contributed by atoms with van der Waals surface area (Å²) in [5.41, 5.74) is 2.86. The summed E-state index contributed by atoms with van der Waals surface area (Å²) in [6, 6.07) is 1.90. The zero-order valence-corrected chi connectivity index (χ0v) is 12.1. The van der Waals surface area contributed by atoms with Gasteiger partial charge < -0.3 is 10.2 Å². The van der Waals surface area contributed by atoms with Gasteiger partial charge in [0.05, 0.1) is 36.9 Å². The number of carboxylic acid groups (broad SMARTS) is 1. The fourth-order valence-electron chi connectivity index (χ4n) is 2.52. The lowest BCUT2D eigenvalue weighted by molar-refractivity contribution is 0.0690. The Hall–Kier alpha value is -2.81. The van der Waals surface area contributed by atoms with Crippen molar-refractivity contribution >= 4 is 11.6 Å². The molecule has 9 heteroatoms. The molecule has 0 aromatic carbocycles. The van der Waals surface area contributed by atoms with Gasteiger partial charge in [-0.2, -0.15) is 5.10 Å². The molecule has 0 bridgehead atoms. The molecule has 9 nitrogen and oxygen atoms in total. The molecule has 0 saturated heterocycles. The van der Waals surface area contributed by atoms with Crippen LogP contribution in [0.4, 0.5) is 0 Å². The van der Waals surface area contributed by atoms with Crippen LogP contribution < -0.4 is 0 Å². The van der Waals surface area contributed by atoms with Gasteiger partial charge in [0.1, 0.15) is 0 Å². The molecule has 0 spiro atoms. The lowest BCUT2D eigenvalue weighted by Crippen LogP contribution is -2.00. The van der Waals surface area contributed by atoms with Crippen molar-refractivity contribution in [1.29, 1.82) is 0 Å². The lowest BCUT2D eigenvalue weighted by Gasteiger charge is -2.03. The standard InChI is InChI=1S/C14H14N6O3/c21-7-9-3-11(8-1-2-8)17-20-5-10(15-13(9)20)4-19-6-12(14(22)23)16-18-19/h3,5-6,8,21H,1-2,4,7H2,(H,22,23). The third-order valence-corrected chi connectivity index (χ3v) is 3.82. The van der Waals surface area contributed by atoms with Crippen molar-refractivity contribution in [1.82, 2.24) is 29.6 Å². The highest BCUT2D eigenvalue weighted by molar-refractivity contribution is 5.84. The first-order valence-electron chi connectivity index (χ1n) is 7.26. The number of fused-ring (bicyclic) bond motifs is 1. The van der Waals surface area contributed by atoms with Crippen molar-refractivity contribution in [3.8, 4) is 0 Å². The maximum Gasteiger partial charge on any atom is 0.358 e. The van der Waals surface area contributed by atoms with Crippen LogP contribution in [-0.2, 0) is 13.2 Å². The van der Waals surface area contributed by atoms with E-state index in [4.69, 9.17) is 5.11 Å². The molecular weight excluding hydrogens is 300 g/mol.